The van der Waals surface area contributed by atoms with E-state index in [2.05, 4.69) is 24.3 Å². The van der Waals surface area contributed by atoms with Crippen LogP contribution in [0.5, 0.6) is 0 Å². The summed E-state index contributed by atoms with van der Waals surface area (Å²) in [6.45, 7) is 0. The molecular formula is C6H6P2. The first-order chi connectivity index (χ1) is 3.97. The van der Waals surface area contributed by atoms with Gasteiger partial charge in [-0.2, -0.15) is 0 Å². The third-order valence-electron chi connectivity index (χ3n) is 1.26. The minimum atomic E-state index is 1.12. The topological polar surface area (TPSA) is 0 Å². The predicted octanol–water partition coefficient (Wildman–Crippen LogP) is 2.90. The summed E-state index contributed by atoms with van der Waals surface area (Å²) in [6.07, 6.45) is 0. The molecule has 0 saturated carbocycles. The van der Waals surface area contributed by atoms with Gasteiger partial charge in [-0.25, -0.2) is 0 Å². The summed E-state index contributed by atoms with van der Waals surface area (Å²) in [5.41, 5.74) is 0. The summed E-state index contributed by atoms with van der Waals surface area (Å²) < 4.78 is 0. The Balaban J connectivity index is 2.88. The van der Waals surface area contributed by atoms with E-state index in [9.17, 15) is 0 Å². The Hall–Kier alpha value is -0.180. The summed E-state index contributed by atoms with van der Waals surface area (Å²) in [7, 11) is 2.24. The highest BCUT2D eigenvalue weighted by molar-refractivity contribution is 7.99. The average Bonchev–Trinajstić information content (AvgIpc) is 1.72. The third kappa shape index (κ3) is 0.540. The average molecular weight is 140 g/mol. The molecule has 2 rings (SSSR count). The molecule has 0 N–H and O–H groups in total. The molecule has 8 heavy (non-hydrogen) atoms. The van der Waals surface area contributed by atoms with Crippen molar-refractivity contribution in [1.29, 1.82) is 0 Å². The number of benzene rings is 1. The second kappa shape index (κ2) is 1.65. The molecule has 1 heterocycles. The lowest BCUT2D eigenvalue weighted by atomic mass is 10.4. The van der Waals surface area contributed by atoms with E-state index in [0.29, 0.717) is 0 Å². The van der Waals surface area contributed by atoms with Crippen molar-refractivity contribution in [3.05, 3.63) is 24.3 Å². The van der Waals surface area contributed by atoms with Gasteiger partial charge in [-0.05, 0) is 0 Å². The second-order valence-electron chi connectivity index (χ2n) is 1.80. The van der Waals surface area contributed by atoms with Gasteiger partial charge in [-0.3, -0.25) is 0 Å². The first-order valence-electron chi connectivity index (χ1n) is 2.58. The van der Waals surface area contributed by atoms with E-state index in [1.165, 1.54) is 0 Å². The number of hydrogen-bond donors (Lipinski definition) is 0. The first kappa shape index (κ1) is 4.68. The van der Waals surface area contributed by atoms with Crippen LogP contribution >= 0.6 is 15.7 Å². The van der Waals surface area contributed by atoms with E-state index in [4.69, 9.17) is 0 Å². The van der Waals surface area contributed by atoms with E-state index in [-0.39, 0.29) is 0 Å². The van der Waals surface area contributed by atoms with Crippen molar-refractivity contribution in [2.75, 3.05) is 0 Å². The Labute approximate surface area is 51.0 Å². The first-order valence-corrected chi connectivity index (χ1v) is 5.58. The van der Waals surface area contributed by atoms with Gasteiger partial charge in [0.1, 0.15) is 0 Å². The Kier molecular flexibility index (Phi) is 0.966. The fourth-order valence-corrected chi connectivity index (χ4v) is 3.45. The maximum atomic E-state index is 2.23. The zero-order valence-electron chi connectivity index (χ0n) is 4.31. The van der Waals surface area contributed by atoms with Crippen LogP contribution in [0.2, 0.25) is 0 Å². The van der Waals surface area contributed by atoms with Crippen LogP contribution in [0.4, 0.5) is 0 Å². The van der Waals surface area contributed by atoms with Gasteiger partial charge in [0.25, 0.3) is 0 Å². The molecule has 0 aliphatic carbocycles. The monoisotopic (exact) mass is 140 g/mol. The molecule has 1 aromatic heterocycles. The van der Waals surface area contributed by atoms with Gasteiger partial charge in [0.05, 0.1) is 0 Å². The SMILES string of the molecule is c1ccc2[pH][pH]c2c1. The van der Waals surface area contributed by atoms with Crippen LogP contribution in [0, 0.1) is 0 Å². The molecule has 0 radical (unpaired) electrons. The Bertz CT molecular complexity index is 249. The van der Waals surface area contributed by atoms with Crippen LogP contribution in [0.3, 0.4) is 0 Å². The zero-order valence-corrected chi connectivity index (χ0v) is 6.31. The standard InChI is InChI=1S/C6H6P2/c1-2-4-6-5(3-1)7-8-6/h1-4,7-8H. The summed E-state index contributed by atoms with van der Waals surface area (Å²) >= 11 is 0. The van der Waals surface area contributed by atoms with Crippen LogP contribution in [-0.2, 0) is 0 Å². The van der Waals surface area contributed by atoms with E-state index in [1.807, 2.05) is 0 Å². The molecule has 2 heteroatoms. The summed E-state index contributed by atoms with van der Waals surface area (Å²) in [4.78, 5) is 0. The summed E-state index contributed by atoms with van der Waals surface area (Å²) in [5, 5.41) is 3.18. The second-order valence-corrected chi connectivity index (χ2v) is 4.87. The Morgan fingerprint density at radius 1 is 0.875 bits per heavy atom. The molecule has 0 spiro atoms. The lowest BCUT2D eigenvalue weighted by molar-refractivity contribution is 1.88. The third-order valence-corrected chi connectivity index (χ3v) is 5.04. The molecule has 0 fully saturated rings. The highest BCUT2D eigenvalue weighted by Crippen LogP contribution is 2.41. The number of rotatable bonds is 0. The van der Waals surface area contributed by atoms with E-state index in [0.717, 1.165) is 15.7 Å². The minimum absolute atomic E-state index is 1.12. The molecule has 0 bridgehead atoms. The van der Waals surface area contributed by atoms with Crippen molar-refractivity contribution >= 4 is 26.0 Å². The fraction of sp³-hybridized carbons (Fsp3) is 0. The lowest BCUT2D eigenvalue weighted by Gasteiger charge is -1.96. The van der Waals surface area contributed by atoms with E-state index < -0.39 is 0 Å². The van der Waals surface area contributed by atoms with Gasteiger partial charge in [0.15, 0.2) is 0 Å². The molecule has 2 aromatic rings. The van der Waals surface area contributed by atoms with Gasteiger partial charge in [-0.15, -0.1) is 15.7 Å². The van der Waals surface area contributed by atoms with E-state index in [1.54, 1.807) is 10.2 Å². The van der Waals surface area contributed by atoms with Crippen LogP contribution in [0.1, 0.15) is 0 Å². The van der Waals surface area contributed by atoms with Gasteiger partial charge >= 0.3 is 0 Å². The maximum Gasteiger partial charge on any atom is 0.00571 e. The van der Waals surface area contributed by atoms with Gasteiger partial charge in [-0.1, -0.05) is 24.3 Å². The molecule has 1 aromatic carbocycles. The number of fused-ring (bicyclic) bond motifs is 1. The highest BCUT2D eigenvalue weighted by Gasteiger charge is 1.89. The maximum absolute atomic E-state index is 2.23. The van der Waals surface area contributed by atoms with Gasteiger partial charge in [0.2, 0.25) is 0 Å². The molecular weight excluding hydrogens is 134 g/mol. The van der Waals surface area contributed by atoms with Crippen LogP contribution in [0.25, 0.3) is 10.2 Å². The molecule has 0 saturated heterocycles. The minimum Gasteiger partial charge on any atom is -0.113 e. The number of hydrogen-bond acceptors (Lipinski definition) is 0. The van der Waals surface area contributed by atoms with E-state index >= 15 is 0 Å². The van der Waals surface area contributed by atoms with Crippen LogP contribution in [0.15, 0.2) is 24.3 Å². The van der Waals surface area contributed by atoms with Gasteiger partial charge < -0.3 is 0 Å². The van der Waals surface area contributed by atoms with Crippen LogP contribution < -0.4 is 0 Å². The van der Waals surface area contributed by atoms with Crippen molar-refractivity contribution in [3.8, 4) is 0 Å². The normalized spacial score (nSPS) is 12.5. The molecule has 0 aliphatic heterocycles. The smallest absolute Gasteiger partial charge is 0.00571 e. The lowest BCUT2D eigenvalue weighted by Crippen LogP contribution is -1.58. The predicted molar refractivity (Wildman–Crippen MR) is 43.0 cm³/mol. The molecule has 0 amide bonds. The molecule has 40 valence electrons. The Morgan fingerprint density at radius 3 is 1.62 bits per heavy atom. The van der Waals surface area contributed by atoms with Crippen molar-refractivity contribution in [2.24, 2.45) is 0 Å². The quantitative estimate of drug-likeness (QED) is 0.527. The highest BCUT2D eigenvalue weighted by atomic mass is 31.8. The fourth-order valence-electron chi connectivity index (χ4n) is 0.773. The largest absolute Gasteiger partial charge is 0.113 e. The zero-order chi connectivity index (χ0) is 5.40. The van der Waals surface area contributed by atoms with Crippen molar-refractivity contribution in [2.45, 2.75) is 0 Å². The van der Waals surface area contributed by atoms with Crippen molar-refractivity contribution in [1.82, 2.24) is 0 Å². The summed E-state index contributed by atoms with van der Waals surface area (Å²) in [6, 6.07) is 8.69. The molecule has 2 unspecified atom stereocenters. The van der Waals surface area contributed by atoms with Gasteiger partial charge in [0, 0.05) is 10.2 Å². The molecule has 0 nitrogen and oxygen atoms in total. The van der Waals surface area contributed by atoms with Crippen molar-refractivity contribution < 1.29 is 0 Å². The van der Waals surface area contributed by atoms with Crippen molar-refractivity contribution in [3.63, 3.8) is 0 Å². The molecule has 0 aliphatic rings. The van der Waals surface area contributed by atoms with Crippen LogP contribution in [-0.4, -0.2) is 0 Å². The Morgan fingerprint density at radius 2 is 1.38 bits per heavy atom. The molecule has 2 atom stereocenters. The summed E-state index contributed by atoms with van der Waals surface area (Å²) in [5.74, 6) is 0.